The molecule has 0 amide bonds. The van der Waals surface area contributed by atoms with Crippen LogP contribution in [0.2, 0.25) is 0 Å². The number of hydrogen-bond acceptors (Lipinski definition) is 2. The van der Waals surface area contributed by atoms with Crippen LogP contribution in [-0.4, -0.2) is 18.1 Å². The van der Waals surface area contributed by atoms with Gasteiger partial charge in [-0.1, -0.05) is 18.2 Å². The van der Waals surface area contributed by atoms with E-state index in [9.17, 15) is 5.26 Å². The van der Waals surface area contributed by atoms with E-state index >= 15 is 0 Å². The maximum absolute atomic E-state index is 9.52. The number of H-pyrrole nitrogens is 1. The highest BCUT2D eigenvalue weighted by molar-refractivity contribution is 5.84. The van der Waals surface area contributed by atoms with Crippen molar-refractivity contribution in [3.63, 3.8) is 0 Å². The predicted octanol–water partition coefficient (Wildman–Crippen LogP) is 2.77. The normalized spacial score (nSPS) is 21.6. The standard InChI is InChI=1S/C15H17N3/c16-8-13(11-4-3-7-17-9-11)14-10-18-15-6-2-1-5-12(14)15/h1-2,5-6,10-11,13,17-18H,3-4,7,9H2. The molecule has 0 saturated carbocycles. The van der Waals surface area contributed by atoms with E-state index in [-0.39, 0.29) is 5.92 Å². The molecule has 1 aromatic heterocycles. The summed E-state index contributed by atoms with van der Waals surface area (Å²) in [7, 11) is 0. The third-order valence-corrected chi connectivity index (χ3v) is 3.90. The first-order valence-corrected chi connectivity index (χ1v) is 6.56. The molecule has 2 N–H and O–H groups in total. The minimum atomic E-state index is -0.00560. The van der Waals surface area contributed by atoms with Crippen LogP contribution in [0.4, 0.5) is 0 Å². The molecule has 3 nitrogen and oxygen atoms in total. The second-order valence-corrected chi connectivity index (χ2v) is 5.00. The zero-order chi connectivity index (χ0) is 12.4. The van der Waals surface area contributed by atoms with Gasteiger partial charge in [0.2, 0.25) is 0 Å². The Morgan fingerprint density at radius 3 is 3.00 bits per heavy atom. The molecular formula is C15H17N3. The lowest BCUT2D eigenvalue weighted by Gasteiger charge is -2.26. The molecule has 0 radical (unpaired) electrons. The van der Waals surface area contributed by atoms with Gasteiger partial charge >= 0.3 is 0 Å². The summed E-state index contributed by atoms with van der Waals surface area (Å²) in [6.45, 7) is 2.04. The quantitative estimate of drug-likeness (QED) is 0.846. The summed E-state index contributed by atoms with van der Waals surface area (Å²) in [6, 6.07) is 10.7. The summed E-state index contributed by atoms with van der Waals surface area (Å²) in [6.07, 6.45) is 4.32. The van der Waals surface area contributed by atoms with Crippen molar-refractivity contribution < 1.29 is 0 Å². The number of nitrogens with one attached hydrogen (secondary N) is 2. The SMILES string of the molecule is N#CC(c1c[nH]c2ccccc12)C1CCCNC1. The second-order valence-electron chi connectivity index (χ2n) is 5.00. The fourth-order valence-electron chi connectivity index (χ4n) is 2.94. The van der Waals surface area contributed by atoms with E-state index in [1.54, 1.807) is 0 Å². The fraction of sp³-hybridized carbons (Fsp3) is 0.400. The van der Waals surface area contributed by atoms with Gasteiger partial charge in [-0.25, -0.2) is 0 Å². The Hall–Kier alpha value is -1.79. The molecule has 2 unspecified atom stereocenters. The zero-order valence-electron chi connectivity index (χ0n) is 10.3. The molecule has 1 saturated heterocycles. The summed E-state index contributed by atoms with van der Waals surface area (Å²) in [5.74, 6) is 0.428. The molecule has 3 heteroatoms. The zero-order valence-corrected chi connectivity index (χ0v) is 10.3. The number of fused-ring (bicyclic) bond motifs is 1. The van der Waals surface area contributed by atoms with E-state index in [0.29, 0.717) is 5.92 Å². The summed E-state index contributed by atoms with van der Waals surface area (Å²) in [5, 5.41) is 14.1. The molecule has 92 valence electrons. The van der Waals surface area contributed by atoms with Crippen LogP contribution in [0.25, 0.3) is 10.9 Å². The van der Waals surface area contributed by atoms with E-state index in [0.717, 1.165) is 30.6 Å². The van der Waals surface area contributed by atoms with E-state index in [2.05, 4.69) is 28.5 Å². The first-order valence-electron chi connectivity index (χ1n) is 6.56. The van der Waals surface area contributed by atoms with Crippen molar-refractivity contribution in [2.75, 3.05) is 13.1 Å². The smallest absolute Gasteiger partial charge is 0.0773 e. The van der Waals surface area contributed by atoms with Crippen LogP contribution in [0.1, 0.15) is 24.3 Å². The minimum absolute atomic E-state index is 0.00560. The number of aromatic amines is 1. The van der Waals surface area contributed by atoms with Crippen LogP contribution in [0.3, 0.4) is 0 Å². The number of piperidine rings is 1. The van der Waals surface area contributed by atoms with Crippen molar-refractivity contribution >= 4 is 10.9 Å². The van der Waals surface area contributed by atoms with Crippen LogP contribution < -0.4 is 5.32 Å². The third kappa shape index (κ3) is 1.89. The van der Waals surface area contributed by atoms with Gasteiger partial charge in [0, 0.05) is 17.1 Å². The second kappa shape index (κ2) is 4.83. The highest BCUT2D eigenvalue weighted by Gasteiger charge is 2.26. The van der Waals surface area contributed by atoms with Gasteiger partial charge in [0.05, 0.1) is 12.0 Å². The largest absolute Gasteiger partial charge is 0.361 e. The Morgan fingerprint density at radius 2 is 2.22 bits per heavy atom. The molecule has 0 spiro atoms. The Balaban J connectivity index is 1.98. The first kappa shape index (κ1) is 11.3. The van der Waals surface area contributed by atoms with Gasteiger partial charge in [0.1, 0.15) is 0 Å². The number of benzene rings is 1. The number of rotatable bonds is 2. The van der Waals surface area contributed by atoms with Gasteiger partial charge in [-0.05, 0) is 43.5 Å². The molecule has 0 bridgehead atoms. The fourth-order valence-corrected chi connectivity index (χ4v) is 2.94. The Kier molecular flexibility index (Phi) is 3.04. The number of nitriles is 1. The van der Waals surface area contributed by atoms with Crippen LogP contribution in [0, 0.1) is 17.2 Å². The number of aromatic nitrogens is 1. The topological polar surface area (TPSA) is 51.6 Å². The Morgan fingerprint density at radius 1 is 1.33 bits per heavy atom. The Bertz CT molecular complexity index is 573. The predicted molar refractivity (Wildman–Crippen MR) is 72.2 cm³/mol. The van der Waals surface area contributed by atoms with E-state index < -0.39 is 0 Å². The Labute approximate surface area is 107 Å². The van der Waals surface area contributed by atoms with Crippen molar-refractivity contribution in [3.05, 3.63) is 36.0 Å². The van der Waals surface area contributed by atoms with E-state index in [4.69, 9.17) is 0 Å². The average Bonchev–Trinajstić information content (AvgIpc) is 2.85. The van der Waals surface area contributed by atoms with Crippen molar-refractivity contribution in [1.82, 2.24) is 10.3 Å². The van der Waals surface area contributed by atoms with Crippen molar-refractivity contribution in [2.24, 2.45) is 5.92 Å². The molecule has 2 aromatic rings. The van der Waals surface area contributed by atoms with Gasteiger partial charge in [-0.2, -0.15) is 5.26 Å². The summed E-state index contributed by atoms with van der Waals surface area (Å²) >= 11 is 0. The molecular weight excluding hydrogens is 222 g/mol. The molecule has 1 fully saturated rings. The van der Waals surface area contributed by atoms with Crippen LogP contribution >= 0.6 is 0 Å². The van der Waals surface area contributed by atoms with Crippen molar-refractivity contribution in [2.45, 2.75) is 18.8 Å². The summed E-state index contributed by atoms with van der Waals surface area (Å²) < 4.78 is 0. The van der Waals surface area contributed by atoms with E-state index in [1.165, 1.54) is 11.8 Å². The van der Waals surface area contributed by atoms with Gasteiger partial charge in [0.25, 0.3) is 0 Å². The van der Waals surface area contributed by atoms with E-state index in [1.807, 2.05) is 18.3 Å². The van der Waals surface area contributed by atoms with Gasteiger partial charge in [-0.3, -0.25) is 0 Å². The van der Waals surface area contributed by atoms with Gasteiger partial charge < -0.3 is 10.3 Å². The van der Waals surface area contributed by atoms with Crippen LogP contribution in [-0.2, 0) is 0 Å². The minimum Gasteiger partial charge on any atom is -0.361 e. The first-order chi connectivity index (χ1) is 8.90. The monoisotopic (exact) mass is 239 g/mol. The van der Waals surface area contributed by atoms with Crippen molar-refractivity contribution in [3.8, 4) is 6.07 Å². The maximum Gasteiger partial charge on any atom is 0.0773 e. The van der Waals surface area contributed by atoms with Crippen molar-refractivity contribution in [1.29, 1.82) is 5.26 Å². The lowest BCUT2D eigenvalue weighted by atomic mass is 9.82. The molecule has 2 heterocycles. The number of hydrogen-bond donors (Lipinski definition) is 2. The molecule has 1 aromatic carbocycles. The highest BCUT2D eigenvalue weighted by Crippen LogP contribution is 2.33. The van der Waals surface area contributed by atoms with Crippen LogP contribution in [0.15, 0.2) is 30.5 Å². The summed E-state index contributed by atoms with van der Waals surface area (Å²) in [5.41, 5.74) is 2.28. The molecule has 1 aliphatic rings. The molecule has 0 aliphatic carbocycles. The summed E-state index contributed by atoms with van der Waals surface area (Å²) in [4.78, 5) is 3.27. The lowest BCUT2D eigenvalue weighted by molar-refractivity contribution is 0.355. The lowest BCUT2D eigenvalue weighted by Crippen LogP contribution is -2.32. The number of para-hydroxylation sites is 1. The van der Waals surface area contributed by atoms with Gasteiger partial charge in [-0.15, -0.1) is 0 Å². The molecule has 3 rings (SSSR count). The molecule has 2 atom stereocenters. The van der Waals surface area contributed by atoms with Crippen LogP contribution in [0.5, 0.6) is 0 Å². The maximum atomic E-state index is 9.52. The highest BCUT2D eigenvalue weighted by atomic mass is 14.9. The average molecular weight is 239 g/mol. The third-order valence-electron chi connectivity index (χ3n) is 3.90. The van der Waals surface area contributed by atoms with Gasteiger partial charge in [0.15, 0.2) is 0 Å². The molecule has 1 aliphatic heterocycles. The number of nitrogens with zero attached hydrogens (tertiary/aromatic N) is 1. The molecule has 18 heavy (non-hydrogen) atoms.